The molecule has 1 aromatic carbocycles. The third-order valence-electron chi connectivity index (χ3n) is 4.08. The zero-order valence-corrected chi connectivity index (χ0v) is 15.8. The molecule has 0 bridgehead atoms. The molecule has 0 saturated carbocycles. The van der Waals surface area contributed by atoms with E-state index in [2.05, 4.69) is 15.7 Å². The molecule has 3 rings (SSSR count). The van der Waals surface area contributed by atoms with Crippen molar-refractivity contribution in [1.29, 1.82) is 0 Å². The van der Waals surface area contributed by atoms with E-state index in [9.17, 15) is 18.0 Å². The van der Waals surface area contributed by atoms with E-state index in [1.165, 1.54) is 4.68 Å². The molecule has 9 nitrogen and oxygen atoms in total. The summed E-state index contributed by atoms with van der Waals surface area (Å²) in [5.74, 6) is -1.25. The highest BCUT2D eigenvalue weighted by molar-refractivity contribution is 7.90. The highest BCUT2D eigenvalue weighted by Crippen LogP contribution is 2.33. The molecule has 0 atom stereocenters. The Hall–Kier alpha value is -2.88. The number of aromatic nitrogens is 2. The van der Waals surface area contributed by atoms with E-state index in [0.29, 0.717) is 35.7 Å². The van der Waals surface area contributed by atoms with Gasteiger partial charge in [0.05, 0.1) is 30.0 Å². The summed E-state index contributed by atoms with van der Waals surface area (Å²) in [4.78, 5) is 24.1. The van der Waals surface area contributed by atoms with E-state index in [0.717, 1.165) is 0 Å². The van der Waals surface area contributed by atoms with Crippen LogP contribution in [0.5, 0.6) is 5.75 Å². The van der Waals surface area contributed by atoms with Gasteiger partial charge in [0.25, 0.3) is 0 Å². The number of nitrogens with one attached hydrogen (secondary N) is 2. The van der Waals surface area contributed by atoms with Gasteiger partial charge in [-0.05, 0) is 30.7 Å². The summed E-state index contributed by atoms with van der Waals surface area (Å²) >= 11 is 0. The summed E-state index contributed by atoms with van der Waals surface area (Å²) in [6.45, 7) is 2.24. The van der Waals surface area contributed by atoms with Gasteiger partial charge in [0, 0.05) is 12.1 Å². The van der Waals surface area contributed by atoms with Gasteiger partial charge in [-0.15, -0.1) is 0 Å². The lowest BCUT2D eigenvalue weighted by Crippen LogP contribution is -2.36. The van der Waals surface area contributed by atoms with Crippen LogP contribution in [0.15, 0.2) is 24.3 Å². The predicted molar refractivity (Wildman–Crippen MR) is 98.4 cm³/mol. The number of carbonyl (C=O) groups excluding carboxylic acids is 2. The summed E-state index contributed by atoms with van der Waals surface area (Å²) in [7, 11) is -1.77. The number of carbonyl (C=O) groups is 2. The number of anilines is 1. The van der Waals surface area contributed by atoms with Crippen molar-refractivity contribution in [3.05, 3.63) is 35.5 Å². The number of nitrogens with zero attached hydrogens (tertiary/aromatic N) is 2. The second kappa shape index (κ2) is 7.39. The Kier molecular flexibility index (Phi) is 5.17. The number of hydrogen-bond acceptors (Lipinski definition) is 6. The van der Waals surface area contributed by atoms with Gasteiger partial charge in [-0.25, -0.2) is 13.1 Å². The van der Waals surface area contributed by atoms with Crippen molar-refractivity contribution in [2.75, 3.05) is 19.0 Å². The lowest BCUT2D eigenvalue weighted by molar-refractivity contribution is -0.136. The van der Waals surface area contributed by atoms with Crippen LogP contribution in [0.25, 0.3) is 5.69 Å². The van der Waals surface area contributed by atoms with Crippen LogP contribution < -0.4 is 15.4 Å². The highest BCUT2D eigenvalue weighted by Gasteiger charge is 2.33. The zero-order chi connectivity index (χ0) is 19.6. The molecule has 1 aliphatic rings. The third kappa shape index (κ3) is 3.95. The van der Waals surface area contributed by atoms with Crippen LogP contribution in [0.2, 0.25) is 0 Å². The molecule has 2 N–H and O–H groups in total. The SMILES string of the molecule is CCCNC(=O)C(=O)Nc1c2c(nn1-c1ccc(OC)cc1)CS(=O)(=O)C2. The first kappa shape index (κ1) is 18.9. The van der Waals surface area contributed by atoms with Crippen molar-refractivity contribution in [3.8, 4) is 11.4 Å². The second-order valence-corrected chi connectivity index (χ2v) is 8.19. The van der Waals surface area contributed by atoms with Crippen LogP contribution in [0.3, 0.4) is 0 Å². The van der Waals surface area contributed by atoms with Crippen LogP contribution in [0, 0.1) is 0 Å². The van der Waals surface area contributed by atoms with Crippen LogP contribution in [-0.4, -0.2) is 43.7 Å². The maximum absolute atomic E-state index is 12.2. The first-order valence-corrected chi connectivity index (χ1v) is 10.2. The monoisotopic (exact) mass is 392 g/mol. The lowest BCUT2D eigenvalue weighted by atomic mass is 10.2. The van der Waals surface area contributed by atoms with E-state index < -0.39 is 21.7 Å². The van der Waals surface area contributed by atoms with Crippen LogP contribution in [0.1, 0.15) is 24.6 Å². The summed E-state index contributed by atoms with van der Waals surface area (Å²) < 4.78 is 30.4. The topological polar surface area (TPSA) is 119 Å². The molecule has 0 radical (unpaired) electrons. The molecule has 144 valence electrons. The molecule has 2 heterocycles. The molecule has 0 unspecified atom stereocenters. The minimum Gasteiger partial charge on any atom is -0.497 e. The molecule has 1 aromatic heterocycles. The summed E-state index contributed by atoms with van der Waals surface area (Å²) in [5.41, 5.74) is 1.38. The minimum atomic E-state index is -3.31. The first-order valence-electron chi connectivity index (χ1n) is 8.39. The fraction of sp³-hybridized carbons (Fsp3) is 0.353. The molecule has 0 spiro atoms. The van der Waals surface area contributed by atoms with Gasteiger partial charge >= 0.3 is 11.8 Å². The van der Waals surface area contributed by atoms with Gasteiger partial charge < -0.3 is 15.4 Å². The fourth-order valence-corrected chi connectivity index (χ4v) is 4.26. The fourth-order valence-electron chi connectivity index (χ4n) is 2.76. The van der Waals surface area contributed by atoms with Gasteiger partial charge in [-0.2, -0.15) is 5.10 Å². The molecule has 0 saturated heterocycles. The second-order valence-electron chi connectivity index (χ2n) is 6.13. The number of sulfone groups is 1. The molecular weight excluding hydrogens is 372 g/mol. The number of ether oxygens (including phenoxy) is 1. The van der Waals surface area contributed by atoms with Gasteiger partial charge in [0.1, 0.15) is 11.6 Å². The van der Waals surface area contributed by atoms with Crippen molar-refractivity contribution < 1.29 is 22.7 Å². The van der Waals surface area contributed by atoms with E-state index in [4.69, 9.17) is 4.74 Å². The maximum atomic E-state index is 12.2. The van der Waals surface area contributed by atoms with Crippen molar-refractivity contribution in [3.63, 3.8) is 0 Å². The van der Waals surface area contributed by atoms with E-state index in [-0.39, 0.29) is 17.3 Å². The Labute approximate surface area is 156 Å². The quantitative estimate of drug-likeness (QED) is 0.726. The Morgan fingerprint density at radius 3 is 2.52 bits per heavy atom. The highest BCUT2D eigenvalue weighted by atomic mass is 32.2. The van der Waals surface area contributed by atoms with Crippen molar-refractivity contribution in [1.82, 2.24) is 15.1 Å². The van der Waals surface area contributed by atoms with Crippen LogP contribution >= 0.6 is 0 Å². The van der Waals surface area contributed by atoms with Gasteiger partial charge in [0.15, 0.2) is 9.84 Å². The first-order chi connectivity index (χ1) is 12.8. The molecule has 1 aliphatic heterocycles. The van der Waals surface area contributed by atoms with Crippen molar-refractivity contribution >= 4 is 27.5 Å². The summed E-state index contributed by atoms with van der Waals surface area (Å²) in [5, 5.41) is 9.34. The maximum Gasteiger partial charge on any atom is 0.314 e. The number of benzene rings is 1. The molecule has 2 aromatic rings. The number of fused-ring (bicyclic) bond motifs is 1. The van der Waals surface area contributed by atoms with Gasteiger partial charge in [-0.3, -0.25) is 9.59 Å². The Morgan fingerprint density at radius 2 is 1.89 bits per heavy atom. The largest absolute Gasteiger partial charge is 0.497 e. The van der Waals surface area contributed by atoms with Crippen molar-refractivity contribution in [2.24, 2.45) is 0 Å². The normalized spacial score (nSPS) is 14.4. The summed E-state index contributed by atoms with van der Waals surface area (Å²) in [6, 6.07) is 6.89. The number of amides is 2. The molecular formula is C17H20N4O5S. The molecule has 2 amide bonds. The zero-order valence-electron chi connectivity index (χ0n) is 15.0. The standard InChI is InChI=1S/C17H20N4O5S/c1-3-8-18-16(22)17(23)19-15-13-9-27(24,25)10-14(13)20-21(15)11-4-6-12(26-2)7-5-11/h4-7H,3,8-10H2,1-2H3,(H,18,22)(H,19,23). The summed E-state index contributed by atoms with van der Waals surface area (Å²) in [6.07, 6.45) is 0.691. The Balaban J connectivity index is 1.97. The number of rotatable bonds is 5. The molecule has 10 heteroatoms. The van der Waals surface area contributed by atoms with E-state index >= 15 is 0 Å². The average Bonchev–Trinajstić information content (AvgIpc) is 3.12. The number of hydrogen-bond donors (Lipinski definition) is 2. The van der Waals surface area contributed by atoms with Crippen LogP contribution in [-0.2, 0) is 30.9 Å². The molecule has 0 aliphatic carbocycles. The lowest BCUT2D eigenvalue weighted by Gasteiger charge is -2.11. The Morgan fingerprint density at radius 1 is 1.19 bits per heavy atom. The third-order valence-corrected chi connectivity index (χ3v) is 5.52. The number of methoxy groups -OCH3 is 1. The van der Waals surface area contributed by atoms with Crippen LogP contribution in [0.4, 0.5) is 5.82 Å². The molecule has 27 heavy (non-hydrogen) atoms. The van der Waals surface area contributed by atoms with E-state index in [1.807, 2.05) is 6.92 Å². The minimum absolute atomic E-state index is 0.188. The van der Waals surface area contributed by atoms with Gasteiger partial charge in [0.2, 0.25) is 0 Å². The average molecular weight is 392 g/mol. The predicted octanol–water partition coefficient (Wildman–Crippen LogP) is 0.774. The van der Waals surface area contributed by atoms with E-state index in [1.54, 1.807) is 31.4 Å². The molecule has 0 fully saturated rings. The Bertz CT molecular complexity index is 979. The smallest absolute Gasteiger partial charge is 0.314 e. The van der Waals surface area contributed by atoms with Gasteiger partial charge in [-0.1, -0.05) is 6.92 Å². The van der Waals surface area contributed by atoms with Crippen molar-refractivity contribution in [2.45, 2.75) is 24.9 Å².